The van der Waals surface area contributed by atoms with Crippen LogP contribution in [0.1, 0.15) is 39.5 Å². The molecule has 0 spiro atoms. The molecule has 100 valence electrons. The van der Waals surface area contributed by atoms with E-state index in [1.54, 1.807) is 7.11 Å². The average molecular weight is 248 g/mol. The molecule has 2 nitrogen and oxygen atoms in total. The van der Waals surface area contributed by atoms with Gasteiger partial charge in [-0.15, -0.1) is 12.3 Å². The summed E-state index contributed by atoms with van der Waals surface area (Å²) in [6, 6.07) is 0. The zero-order valence-corrected chi connectivity index (χ0v) is 11.7. The summed E-state index contributed by atoms with van der Waals surface area (Å²) in [5.74, 6) is 3.73. The van der Waals surface area contributed by atoms with Crippen LogP contribution < -0.4 is 0 Å². The molecule has 2 aliphatic rings. The van der Waals surface area contributed by atoms with Crippen molar-refractivity contribution in [1.29, 1.82) is 0 Å². The van der Waals surface area contributed by atoms with Gasteiger partial charge in [-0.05, 0) is 42.6 Å². The lowest BCUT2D eigenvalue weighted by atomic mass is 9.61. The molecule has 0 aromatic heterocycles. The molecule has 0 unspecified atom stereocenters. The van der Waals surface area contributed by atoms with Crippen LogP contribution in [0, 0.1) is 29.6 Å². The van der Waals surface area contributed by atoms with Crippen molar-refractivity contribution >= 4 is 0 Å². The number of methoxy groups -OCH3 is 1. The summed E-state index contributed by atoms with van der Waals surface area (Å²) >= 11 is 0. The summed E-state index contributed by atoms with van der Waals surface area (Å²) < 4.78 is 10.9. The second-order valence-electron chi connectivity index (χ2n) is 6.13. The van der Waals surface area contributed by atoms with Crippen LogP contribution in [0.4, 0.5) is 0 Å². The first-order chi connectivity index (χ1) is 8.60. The Balaban J connectivity index is 2.22. The fourth-order valence-electron chi connectivity index (χ4n) is 3.50. The lowest BCUT2D eigenvalue weighted by molar-refractivity contribution is -0.0850. The highest BCUT2D eigenvalue weighted by molar-refractivity contribution is 5.25. The van der Waals surface area contributed by atoms with Crippen LogP contribution in [0.15, 0.2) is 11.6 Å². The number of fused-ring (bicyclic) bond motifs is 1. The smallest absolute Gasteiger partial charge is 0.147 e. The Morgan fingerprint density at radius 3 is 2.89 bits per heavy atom. The van der Waals surface area contributed by atoms with Crippen molar-refractivity contribution in [2.45, 2.75) is 45.6 Å². The first-order valence-corrected chi connectivity index (χ1v) is 6.86. The molecule has 2 heteroatoms. The van der Waals surface area contributed by atoms with Crippen molar-refractivity contribution < 1.29 is 9.47 Å². The summed E-state index contributed by atoms with van der Waals surface area (Å²) in [6.07, 6.45) is 12.7. The second-order valence-corrected chi connectivity index (χ2v) is 6.13. The Bertz CT molecular complexity index is 362. The second kappa shape index (κ2) is 5.47. The monoisotopic (exact) mass is 248 g/mol. The maximum atomic E-state index is 5.87. The summed E-state index contributed by atoms with van der Waals surface area (Å²) in [4.78, 5) is 0. The van der Waals surface area contributed by atoms with Crippen LogP contribution in [0.25, 0.3) is 0 Å². The highest BCUT2D eigenvalue weighted by Gasteiger charge is 2.43. The molecule has 0 heterocycles. The van der Waals surface area contributed by atoms with E-state index in [1.807, 2.05) is 0 Å². The van der Waals surface area contributed by atoms with E-state index in [1.165, 1.54) is 18.4 Å². The minimum absolute atomic E-state index is 0.0632. The third kappa shape index (κ3) is 2.48. The van der Waals surface area contributed by atoms with E-state index in [9.17, 15) is 0 Å². The van der Waals surface area contributed by atoms with Crippen molar-refractivity contribution in [2.24, 2.45) is 17.3 Å². The van der Waals surface area contributed by atoms with Gasteiger partial charge in [0.25, 0.3) is 0 Å². The highest BCUT2D eigenvalue weighted by atomic mass is 16.7. The van der Waals surface area contributed by atoms with E-state index < -0.39 is 0 Å². The molecule has 0 N–H and O–H groups in total. The normalized spacial score (nSPS) is 34.3. The van der Waals surface area contributed by atoms with Gasteiger partial charge in [0, 0.05) is 7.11 Å². The van der Waals surface area contributed by atoms with Gasteiger partial charge in [-0.25, -0.2) is 0 Å². The Morgan fingerprint density at radius 1 is 1.44 bits per heavy atom. The molecular formula is C16H24O2. The lowest BCUT2D eigenvalue weighted by Crippen LogP contribution is -2.41. The molecule has 0 radical (unpaired) electrons. The number of rotatable bonds is 3. The van der Waals surface area contributed by atoms with Gasteiger partial charge in [-0.1, -0.05) is 19.9 Å². The Hall–Kier alpha value is -0.780. The van der Waals surface area contributed by atoms with Crippen molar-refractivity contribution in [3.05, 3.63) is 11.6 Å². The Morgan fingerprint density at radius 2 is 2.22 bits per heavy atom. The van der Waals surface area contributed by atoms with Crippen LogP contribution in [0.3, 0.4) is 0 Å². The lowest BCUT2D eigenvalue weighted by Gasteiger charge is -2.46. The predicted molar refractivity (Wildman–Crippen MR) is 72.9 cm³/mol. The fraction of sp³-hybridized carbons (Fsp3) is 0.750. The van der Waals surface area contributed by atoms with Crippen molar-refractivity contribution in [3.8, 4) is 12.3 Å². The summed E-state index contributed by atoms with van der Waals surface area (Å²) in [5.41, 5.74) is 1.80. The Labute approximate surface area is 111 Å². The van der Waals surface area contributed by atoms with Gasteiger partial charge in [0.15, 0.2) is 0 Å². The minimum atomic E-state index is 0.0632. The Kier molecular flexibility index (Phi) is 4.14. The molecule has 0 saturated heterocycles. The SMILES string of the molecule is C#C[C@H]1CC[C@H]2C(=CCCC2(C)C)[C@@H]1OCOC. The van der Waals surface area contributed by atoms with E-state index in [4.69, 9.17) is 15.9 Å². The molecule has 3 atom stereocenters. The maximum absolute atomic E-state index is 5.87. The van der Waals surface area contributed by atoms with Crippen LogP contribution in [0.2, 0.25) is 0 Å². The zero-order valence-electron chi connectivity index (χ0n) is 11.7. The van der Waals surface area contributed by atoms with Crippen molar-refractivity contribution in [1.82, 2.24) is 0 Å². The third-order valence-corrected chi connectivity index (χ3v) is 4.55. The standard InChI is InChI=1S/C16H24O2/c1-5-12-8-9-14-13(15(12)18-11-17-4)7-6-10-16(14,2)3/h1,7,12,14-15H,6,8-11H2,2-4H3/t12-,14-,15+/m0/s1. The van der Waals surface area contributed by atoms with Gasteiger partial charge >= 0.3 is 0 Å². The fourth-order valence-corrected chi connectivity index (χ4v) is 3.50. The van der Waals surface area contributed by atoms with Crippen LogP contribution >= 0.6 is 0 Å². The number of ether oxygens (including phenoxy) is 2. The maximum Gasteiger partial charge on any atom is 0.147 e. The zero-order chi connectivity index (χ0) is 13.2. The first kappa shape index (κ1) is 13.6. The number of hydrogen-bond acceptors (Lipinski definition) is 2. The van der Waals surface area contributed by atoms with E-state index in [0.717, 1.165) is 12.8 Å². The van der Waals surface area contributed by atoms with Gasteiger partial charge in [0.05, 0.1) is 12.0 Å². The molecule has 2 aliphatic carbocycles. The van der Waals surface area contributed by atoms with E-state index in [2.05, 4.69) is 25.8 Å². The largest absolute Gasteiger partial charge is 0.359 e. The molecule has 18 heavy (non-hydrogen) atoms. The summed E-state index contributed by atoms with van der Waals surface area (Å²) in [5, 5.41) is 0. The summed E-state index contributed by atoms with van der Waals surface area (Å²) in [7, 11) is 1.66. The van der Waals surface area contributed by atoms with Gasteiger partial charge in [0.1, 0.15) is 6.79 Å². The molecule has 0 aromatic rings. The van der Waals surface area contributed by atoms with E-state index >= 15 is 0 Å². The molecule has 0 amide bonds. The van der Waals surface area contributed by atoms with Crippen molar-refractivity contribution in [2.75, 3.05) is 13.9 Å². The number of allylic oxidation sites excluding steroid dienone is 1. The molecule has 0 aliphatic heterocycles. The number of terminal acetylenes is 1. The number of hydrogen-bond donors (Lipinski definition) is 0. The average Bonchev–Trinajstić information content (AvgIpc) is 2.35. The molecular weight excluding hydrogens is 224 g/mol. The van der Waals surface area contributed by atoms with Crippen LogP contribution in [0.5, 0.6) is 0 Å². The van der Waals surface area contributed by atoms with Gasteiger partial charge in [-0.2, -0.15) is 0 Å². The van der Waals surface area contributed by atoms with Crippen LogP contribution in [-0.4, -0.2) is 20.0 Å². The van der Waals surface area contributed by atoms with E-state index in [-0.39, 0.29) is 12.0 Å². The predicted octanol–water partition coefficient (Wildman–Crippen LogP) is 3.38. The quantitative estimate of drug-likeness (QED) is 0.433. The van der Waals surface area contributed by atoms with Gasteiger partial charge < -0.3 is 9.47 Å². The molecule has 2 rings (SSSR count). The minimum Gasteiger partial charge on any atom is -0.359 e. The molecule has 1 saturated carbocycles. The third-order valence-electron chi connectivity index (χ3n) is 4.55. The van der Waals surface area contributed by atoms with Gasteiger partial charge in [0.2, 0.25) is 0 Å². The first-order valence-electron chi connectivity index (χ1n) is 6.86. The summed E-state index contributed by atoms with van der Waals surface area (Å²) in [6.45, 7) is 5.07. The topological polar surface area (TPSA) is 18.5 Å². The molecule has 0 aromatic carbocycles. The molecule has 0 bridgehead atoms. The van der Waals surface area contributed by atoms with Crippen LogP contribution in [-0.2, 0) is 9.47 Å². The molecule has 1 fully saturated rings. The van der Waals surface area contributed by atoms with Gasteiger partial charge in [-0.3, -0.25) is 0 Å². The highest BCUT2D eigenvalue weighted by Crippen LogP contribution is 2.49. The van der Waals surface area contributed by atoms with E-state index in [0.29, 0.717) is 18.1 Å². The van der Waals surface area contributed by atoms with Crippen molar-refractivity contribution in [3.63, 3.8) is 0 Å².